The number of nitro benzene ring substituents is 1. The quantitative estimate of drug-likeness (QED) is 0.679. The van der Waals surface area contributed by atoms with Gasteiger partial charge in [0, 0.05) is 21.9 Å². The first kappa shape index (κ1) is 12.7. The third-order valence-electron chi connectivity index (χ3n) is 2.19. The average Bonchev–Trinajstić information content (AvgIpc) is 2.33. The maximum atomic E-state index is 10.5. The summed E-state index contributed by atoms with van der Waals surface area (Å²) < 4.78 is 0. The Hall–Kier alpha value is -1.72. The smallest absolute Gasteiger partial charge is 0.269 e. The van der Waals surface area contributed by atoms with E-state index in [4.69, 9.17) is 11.6 Å². The first-order chi connectivity index (χ1) is 8.56. The summed E-state index contributed by atoms with van der Waals surface area (Å²) >= 11 is 7.35. The second-order valence-electron chi connectivity index (χ2n) is 3.47. The fraction of sp³-hybridized carbons (Fsp3) is 0. The highest BCUT2D eigenvalue weighted by Gasteiger charge is 2.07. The molecule has 2 aromatic carbocycles. The Morgan fingerprint density at radius 1 is 1.17 bits per heavy atom. The summed E-state index contributed by atoms with van der Waals surface area (Å²) in [5.41, 5.74) is 0.0520. The molecule has 0 radical (unpaired) electrons. The number of rotatable bonds is 3. The minimum Gasteiger partial charge on any atom is -0.508 e. The van der Waals surface area contributed by atoms with E-state index in [0.717, 1.165) is 9.79 Å². The van der Waals surface area contributed by atoms with Crippen molar-refractivity contribution in [2.45, 2.75) is 9.79 Å². The molecule has 0 aliphatic rings. The van der Waals surface area contributed by atoms with E-state index in [-0.39, 0.29) is 11.4 Å². The van der Waals surface area contributed by atoms with Crippen LogP contribution in [0.4, 0.5) is 5.69 Å². The van der Waals surface area contributed by atoms with Crippen molar-refractivity contribution >= 4 is 29.1 Å². The van der Waals surface area contributed by atoms with Gasteiger partial charge in [-0.15, -0.1) is 0 Å². The Balaban J connectivity index is 2.21. The molecule has 0 aliphatic carbocycles. The molecular formula is C12H8ClNO3S. The average molecular weight is 282 g/mol. The molecule has 4 nitrogen and oxygen atoms in total. The summed E-state index contributed by atoms with van der Waals surface area (Å²) in [5, 5.41) is 20.2. The molecular weight excluding hydrogens is 274 g/mol. The van der Waals surface area contributed by atoms with Gasteiger partial charge >= 0.3 is 0 Å². The zero-order valence-corrected chi connectivity index (χ0v) is 10.6. The lowest BCUT2D eigenvalue weighted by Gasteiger charge is -2.04. The molecule has 0 unspecified atom stereocenters. The fourth-order valence-electron chi connectivity index (χ4n) is 1.34. The standard InChI is InChI=1S/C12H8ClNO3S/c13-11-7-9(15)3-6-12(11)18-10-4-1-8(2-5-10)14(16)17/h1-7,15H. The number of phenols is 1. The Morgan fingerprint density at radius 3 is 2.39 bits per heavy atom. The van der Waals surface area contributed by atoms with Crippen molar-refractivity contribution in [3.63, 3.8) is 0 Å². The van der Waals surface area contributed by atoms with Crippen LogP contribution in [0, 0.1) is 10.1 Å². The van der Waals surface area contributed by atoms with Crippen molar-refractivity contribution in [3.8, 4) is 5.75 Å². The summed E-state index contributed by atoms with van der Waals surface area (Å²) in [6.07, 6.45) is 0. The van der Waals surface area contributed by atoms with Crippen LogP contribution in [0.1, 0.15) is 0 Å². The number of hydrogen-bond acceptors (Lipinski definition) is 4. The van der Waals surface area contributed by atoms with Gasteiger partial charge in [-0.25, -0.2) is 0 Å². The molecule has 0 aromatic heterocycles. The van der Waals surface area contributed by atoms with Crippen LogP contribution in [0.25, 0.3) is 0 Å². The van der Waals surface area contributed by atoms with Crippen molar-refractivity contribution < 1.29 is 10.0 Å². The van der Waals surface area contributed by atoms with Gasteiger partial charge < -0.3 is 5.11 Å². The van der Waals surface area contributed by atoms with Gasteiger partial charge in [-0.1, -0.05) is 23.4 Å². The Labute approximate surface area is 112 Å². The van der Waals surface area contributed by atoms with E-state index in [1.165, 1.54) is 30.0 Å². The predicted octanol–water partition coefficient (Wildman–Crippen LogP) is 4.11. The molecule has 0 fully saturated rings. The van der Waals surface area contributed by atoms with E-state index in [2.05, 4.69) is 0 Å². The summed E-state index contributed by atoms with van der Waals surface area (Å²) in [6.45, 7) is 0. The molecule has 0 heterocycles. The van der Waals surface area contributed by atoms with Gasteiger partial charge in [0.1, 0.15) is 5.75 Å². The van der Waals surface area contributed by atoms with Crippen LogP contribution in [-0.2, 0) is 0 Å². The second-order valence-corrected chi connectivity index (χ2v) is 4.99. The molecule has 0 saturated carbocycles. The highest BCUT2D eigenvalue weighted by molar-refractivity contribution is 7.99. The lowest BCUT2D eigenvalue weighted by Crippen LogP contribution is -1.86. The second kappa shape index (κ2) is 5.29. The summed E-state index contributed by atoms with van der Waals surface area (Å²) in [5.74, 6) is 0.105. The van der Waals surface area contributed by atoms with Crippen LogP contribution in [0.15, 0.2) is 52.3 Å². The highest BCUT2D eigenvalue weighted by Crippen LogP contribution is 2.35. The lowest BCUT2D eigenvalue weighted by molar-refractivity contribution is -0.384. The number of aromatic hydroxyl groups is 1. The van der Waals surface area contributed by atoms with Crippen LogP contribution in [0.3, 0.4) is 0 Å². The zero-order valence-electron chi connectivity index (χ0n) is 9.04. The van der Waals surface area contributed by atoms with Gasteiger partial charge in [-0.2, -0.15) is 0 Å². The maximum Gasteiger partial charge on any atom is 0.269 e. The number of non-ortho nitro benzene ring substituents is 1. The van der Waals surface area contributed by atoms with Gasteiger partial charge in [0.25, 0.3) is 5.69 Å². The SMILES string of the molecule is O=[N+]([O-])c1ccc(Sc2ccc(O)cc2Cl)cc1. The Kier molecular flexibility index (Phi) is 3.74. The van der Waals surface area contributed by atoms with E-state index in [0.29, 0.717) is 5.02 Å². The Bertz CT molecular complexity index is 586. The minimum atomic E-state index is -0.442. The van der Waals surface area contributed by atoms with Gasteiger partial charge in [0.05, 0.1) is 9.95 Å². The van der Waals surface area contributed by atoms with E-state index < -0.39 is 4.92 Å². The summed E-state index contributed by atoms with van der Waals surface area (Å²) in [7, 11) is 0. The number of hydrogen-bond donors (Lipinski definition) is 1. The minimum absolute atomic E-state index is 0.0520. The highest BCUT2D eigenvalue weighted by atomic mass is 35.5. The third-order valence-corrected chi connectivity index (χ3v) is 3.70. The third kappa shape index (κ3) is 2.94. The van der Waals surface area contributed by atoms with E-state index in [1.54, 1.807) is 24.3 Å². The van der Waals surface area contributed by atoms with Crippen molar-refractivity contribution in [1.82, 2.24) is 0 Å². The van der Waals surface area contributed by atoms with Crippen LogP contribution in [-0.4, -0.2) is 10.0 Å². The molecule has 2 aromatic rings. The largest absolute Gasteiger partial charge is 0.508 e. The van der Waals surface area contributed by atoms with Crippen molar-refractivity contribution in [2.24, 2.45) is 0 Å². The molecule has 0 bridgehead atoms. The summed E-state index contributed by atoms with van der Waals surface area (Å²) in [4.78, 5) is 11.7. The summed E-state index contributed by atoms with van der Waals surface area (Å²) in [6, 6.07) is 10.9. The number of nitrogens with zero attached hydrogens (tertiary/aromatic N) is 1. The fourth-order valence-corrected chi connectivity index (χ4v) is 2.44. The number of benzene rings is 2. The zero-order chi connectivity index (χ0) is 13.1. The topological polar surface area (TPSA) is 63.4 Å². The first-order valence-corrected chi connectivity index (χ1v) is 6.16. The normalized spacial score (nSPS) is 10.3. The van der Waals surface area contributed by atoms with Gasteiger partial charge in [-0.3, -0.25) is 10.1 Å². The van der Waals surface area contributed by atoms with Gasteiger partial charge in [-0.05, 0) is 30.3 Å². The molecule has 6 heteroatoms. The monoisotopic (exact) mass is 281 g/mol. The molecule has 0 atom stereocenters. The molecule has 0 amide bonds. The van der Waals surface area contributed by atoms with Crippen LogP contribution in [0.2, 0.25) is 5.02 Å². The van der Waals surface area contributed by atoms with Crippen molar-refractivity contribution in [2.75, 3.05) is 0 Å². The lowest BCUT2D eigenvalue weighted by atomic mass is 10.3. The van der Waals surface area contributed by atoms with Gasteiger partial charge in [0.15, 0.2) is 0 Å². The van der Waals surface area contributed by atoms with Crippen LogP contribution < -0.4 is 0 Å². The van der Waals surface area contributed by atoms with Crippen molar-refractivity contribution in [1.29, 1.82) is 0 Å². The van der Waals surface area contributed by atoms with E-state index in [9.17, 15) is 15.2 Å². The molecule has 0 aliphatic heterocycles. The molecule has 0 saturated heterocycles. The maximum absolute atomic E-state index is 10.5. The molecule has 2 rings (SSSR count). The number of phenolic OH excluding ortho intramolecular Hbond substituents is 1. The molecule has 92 valence electrons. The van der Waals surface area contributed by atoms with Crippen molar-refractivity contribution in [3.05, 3.63) is 57.6 Å². The number of nitro groups is 1. The number of halogens is 1. The van der Waals surface area contributed by atoms with Crippen LogP contribution >= 0.6 is 23.4 Å². The first-order valence-electron chi connectivity index (χ1n) is 4.97. The van der Waals surface area contributed by atoms with E-state index in [1.807, 2.05) is 0 Å². The Morgan fingerprint density at radius 2 is 1.83 bits per heavy atom. The molecule has 0 spiro atoms. The molecule has 18 heavy (non-hydrogen) atoms. The molecule has 1 N–H and O–H groups in total. The van der Waals surface area contributed by atoms with E-state index >= 15 is 0 Å². The predicted molar refractivity (Wildman–Crippen MR) is 70.3 cm³/mol. The van der Waals surface area contributed by atoms with Gasteiger partial charge in [0.2, 0.25) is 0 Å². The van der Waals surface area contributed by atoms with Crippen LogP contribution in [0.5, 0.6) is 5.75 Å².